The van der Waals surface area contributed by atoms with Gasteiger partial charge in [0.25, 0.3) is 0 Å². The molecule has 0 aromatic heterocycles. The van der Waals surface area contributed by atoms with Gasteiger partial charge in [-0.1, -0.05) is 11.6 Å². The van der Waals surface area contributed by atoms with E-state index >= 15 is 0 Å². The molecule has 0 spiro atoms. The molecular formula is C5H9ClN2O. The highest BCUT2D eigenvalue weighted by Crippen LogP contribution is 2.01. The molecule has 0 saturated carbocycles. The lowest BCUT2D eigenvalue weighted by Gasteiger charge is -1.95. The number of rotatable bonds is 2. The van der Waals surface area contributed by atoms with Gasteiger partial charge in [-0.05, 0) is 0 Å². The molecule has 0 radical (unpaired) electrons. The summed E-state index contributed by atoms with van der Waals surface area (Å²) in [7, 11) is 1.45. The fourth-order valence-electron chi connectivity index (χ4n) is 0.243. The maximum Gasteiger partial charge on any atom is 0.185 e. The molecular weight excluding hydrogens is 140 g/mol. The van der Waals surface area contributed by atoms with Crippen molar-refractivity contribution in [3.8, 4) is 0 Å². The standard InChI is InChI=1S/C5H9ClN2O/c1-9-5(8)2-4(6)3-7/h2-3H,7-8H2,1H3/b4-3+,5-2+. The van der Waals surface area contributed by atoms with Crippen molar-refractivity contribution in [3.63, 3.8) is 0 Å². The summed E-state index contributed by atoms with van der Waals surface area (Å²) in [5.41, 5.74) is 10.2. The first-order chi connectivity index (χ1) is 4.20. The number of halogens is 1. The van der Waals surface area contributed by atoms with Crippen LogP contribution in [0.3, 0.4) is 0 Å². The minimum Gasteiger partial charge on any atom is -0.483 e. The number of methoxy groups -OCH3 is 1. The summed E-state index contributed by atoms with van der Waals surface area (Å²) in [5.74, 6) is 0.238. The molecule has 0 aliphatic carbocycles. The summed E-state index contributed by atoms with van der Waals surface area (Å²) in [4.78, 5) is 0. The van der Waals surface area contributed by atoms with Gasteiger partial charge in [-0.3, -0.25) is 0 Å². The van der Waals surface area contributed by atoms with Gasteiger partial charge in [0, 0.05) is 12.3 Å². The zero-order chi connectivity index (χ0) is 7.28. The number of ether oxygens (including phenoxy) is 1. The van der Waals surface area contributed by atoms with Crippen molar-refractivity contribution in [1.82, 2.24) is 0 Å². The van der Waals surface area contributed by atoms with Gasteiger partial charge in [-0.15, -0.1) is 0 Å². The molecule has 0 aromatic carbocycles. The molecule has 0 rings (SSSR count). The van der Waals surface area contributed by atoms with Crippen molar-refractivity contribution in [2.45, 2.75) is 0 Å². The quantitative estimate of drug-likeness (QED) is 0.442. The van der Waals surface area contributed by atoms with Gasteiger partial charge in [0.1, 0.15) is 0 Å². The summed E-state index contributed by atoms with van der Waals surface area (Å²) in [6.45, 7) is 0. The second-order valence-electron chi connectivity index (χ2n) is 1.30. The van der Waals surface area contributed by atoms with E-state index in [0.717, 1.165) is 0 Å². The van der Waals surface area contributed by atoms with Crippen molar-refractivity contribution >= 4 is 11.6 Å². The average molecular weight is 149 g/mol. The molecule has 4 N–H and O–H groups in total. The second-order valence-corrected chi connectivity index (χ2v) is 1.74. The molecule has 0 amide bonds. The summed E-state index contributed by atoms with van der Waals surface area (Å²) in [6.07, 6.45) is 2.65. The fraction of sp³-hybridized carbons (Fsp3) is 0.200. The van der Waals surface area contributed by atoms with Crippen LogP contribution in [0.4, 0.5) is 0 Å². The van der Waals surface area contributed by atoms with Crippen molar-refractivity contribution < 1.29 is 4.74 Å². The van der Waals surface area contributed by atoms with Crippen LogP contribution in [-0.2, 0) is 4.74 Å². The lowest BCUT2D eigenvalue weighted by molar-refractivity contribution is 0.287. The molecule has 0 fully saturated rings. The highest BCUT2D eigenvalue weighted by molar-refractivity contribution is 6.31. The van der Waals surface area contributed by atoms with Crippen molar-refractivity contribution in [3.05, 3.63) is 23.2 Å². The Bertz CT molecular complexity index is 142. The zero-order valence-electron chi connectivity index (χ0n) is 5.10. The van der Waals surface area contributed by atoms with Gasteiger partial charge in [-0.2, -0.15) is 0 Å². The Labute approximate surface area is 58.9 Å². The molecule has 0 atom stereocenters. The molecule has 0 bridgehead atoms. The fourth-order valence-corrected chi connectivity index (χ4v) is 0.350. The third kappa shape index (κ3) is 3.73. The van der Waals surface area contributed by atoms with Crippen LogP contribution in [0.5, 0.6) is 0 Å². The van der Waals surface area contributed by atoms with Crippen molar-refractivity contribution in [1.29, 1.82) is 0 Å². The maximum absolute atomic E-state index is 5.44. The van der Waals surface area contributed by atoms with E-state index in [1.165, 1.54) is 19.4 Å². The predicted octanol–water partition coefficient (Wildman–Crippen LogP) is 0.472. The minimum absolute atomic E-state index is 0.238. The van der Waals surface area contributed by atoms with E-state index in [2.05, 4.69) is 4.74 Å². The third-order valence-electron chi connectivity index (χ3n) is 0.675. The smallest absolute Gasteiger partial charge is 0.185 e. The van der Waals surface area contributed by atoms with Gasteiger partial charge < -0.3 is 16.2 Å². The topological polar surface area (TPSA) is 61.3 Å². The molecule has 0 aliphatic rings. The molecule has 0 saturated heterocycles. The van der Waals surface area contributed by atoms with Crippen LogP contribution in [0.25, 0.3) is 0 Å². The van der Waals surface area contributed by atoms with Crippen molar-refractivity contribution in [2.24, 2.45) is 11.5 Å². The molecule has 4 heteroatoms. The SMILES string of the molecule is CO/C(N)=C/C(Cl)=C\N. The van der Waals surface area contributed by atoms with E-state index in [4.69, 9.17) is 23.1 Å². The van der Waals surface area contributed by atoms with Crippen LogP contribution in [-0.4, -0.2) is 7.11 Å². The lowest BCUT2D eigenvalue weighted by atomic mass is 10.5. The summed E-state index contributed by atoms with van der Waals surface area (Å²) in [6, 6.07) is 0. The maximum atomic E-state index is 5.44. The minimum atomic E-state index is 0.238. The largest absolute Gasteiger partial charge is 0.483 e. The Morgan fingerprint density at radius 1 is 1.67 bits per heavy atom. The van der Waals surface area contributed by atoms with E-state index in [1.807, 2.05) is 0 Å². The van der Waals surface area contributed by atoms with E-state index in [-0.39, 0.29) is 5.88 Å². The van der Waals surface area contributed by atoms with Gasteiger partial charge in [0.15, 0.2) is 5.88 Å². The molecule has 3 nitrogen and oxygen atoms in total. The van der Waals surface area contributed by atoms with Crippen LogP contribution in [0.15, 0.2) is 23.2 Å². The highest BCUT2D eigenvalue weighted by atomic mass is 35.5. The van der Waals surface area contributed by atoms with E-state index < -0.39 is 0 Å². The molecule has 52 valence electrons. The monoisotopic (exact) mass is 148 g/mol. The van der Waals surface area contributed by atoms with Crippen molar-refractivity contribution in [2.75, 3.05) is 7.11 Å². The van der Waals surface area contributed by atoms with Gasteiger partial charge in [0.2, 0.25) is 0 Å². The van der Waals surface area contributed by atoms with Gasteiger partial charge in [-0.25, -0.2) is 0 Å². The van der Waals surface area contributed by atoms with Crippen LogP contribution in [0.2, 0.25) is 0 Å². The first-order valence-corrected chi connectivity index (χ1v) is 2.67. The number of nitrogens with two attached hydrogens (primary N) is 2. The molecule has 0 heterocycles. The first kappa shape index (κ1) is 8.17. The number of hydrogen-bond acceptors (Lipinski definition) is 3. The lowest BCUT2D eigenvalue weighted by Crippen LogP contribution is -1.98. The summed E-state index contributed by atoms with van der Waals surface area (Å²) < 4.78 is 4.58. The van der Waals surface area contributed by atoms with E-state index in [1.54, 1.807) is 0 Å². The molecule has 0 aliphatic heterocycles. The Kier molecular flexibility index (Phi) is 3.71. The zero-order valence-corrected chi connectivity index (χ0v) is 5.85. The van der Waals surface area contributed by atoms with Crippen LogP contribution in [0, 0.1) is 0 Å². The number of allylic oxidation sites excluding steroid dienone is 2. The molecule has 0 aromatic rings. The summed E-state index contributed by atoms with van der Waals surface area (Å²) in [5, 5.41) is 0.356. The van der Waals surface area contributed by atoms with E-state index in [0.29, 0.717) is 5.03 Å². The molecule has 0 unspecified atom stereocenters. The van der Waals surface area contributed by atoms with Gasteiger partial charge >= 0.3 is 0 Å². The summed E-state index contributed by atoms with van der Waals surface area (Å²) >= 11 is 5.44. The predicted molar refractivity (Wildman–Crippen MR) is 37.4 cm³/mol. The number of hydrogen-bond donors (Lipinski definition) is 2. The Morgan fingerprint density at radius 2 is 2.22 bits per heavy atom. The Hall–Kier alpha value is -0.830. The van der Waals surface area contributed by atoms with Crippen LogP contribution in [0.1, 0.15) is 0 Å². The second kappa shape index (κ2) is 4.09. The Balaban J connectivity index is 3.95. The molecule has 9 heavy (non-hydrogen) atoms. The Morgan fingerprint density at radius 3 is 2.56 bits per heavy atom. The van der Waals surface area contributed by atoms with Crippen LogP contribution >= 0.6 is 11.6 Å². The van der Waals surface area contributed by atoms with Gasteiger partial charge in [0.05, 0.1) is 12.1 Å². The van der Waals surface area contributed by atoms with E-state index in [9.17, 15) is 0 Å². The third-order valence-corrected chi connectivity index (χ3v) is 0.910. The van der Waals surface area contributed by atoms with Crippen LogP contribution < -0.4 is 11.5 Å². The highest BCUT2D eigenvalue weighted by Gasteiger charge is 1.86. The normalized spacial score (nSPS) is 13.6. The first-order valence-electron chi connectivity index (χ1n) is 2.29. The average Bonchev–Trinajstić information content (AvgIpc) is 1.87.